The average Bonchev–Trinajstić information content (AvgIpc) is 3.12. The molecule has 10 heteroatoms. The van der Waals surface area contributed by atoms with Crippen molar-refractivity contribution >= 4 is 38.7 Å². The summed E-state index contributed by atoms with van der Waals surface area (Å²) in [7, 11) is -3.86. The van der Waals surface area contributed by atoms with Crippen molar-refractivity contribution < 1.29 is 17.6 Å². The molecule has 0 saturated carbocycles. The highest BCUT2D eigenvalue weighted by molar-refractivity contribution is 7.89. The van der Waals surface area contributed by atoms with Gasteiger partial charge < -0.3 is 0 Å². The van der Waals surface area contributed by atoms with Gasteiger partial charge in [-0.3, -0.25) is 9.78 Å². The summed E-state index contributed by atoms with van der Waals surface area (Å²) >= 11 is 7.16. The molecule has 0 aliphatic heterocycles. The number of benzene rings is 1. The number of aromatic nitrogens is 2. The number of ketones is 1. The second-order valence-corrected chi connectivity index (χ2v) is 9.35. The zero-order valence-corrected chi connectivity index (χ0v) is 17.7. The number of hydrogen-bond acceptors (Lipinski definition) is 6. The van der Waals surface area contributed by atoms with E-state index in [-0.39, 0.29) is 22.2 Å². The van der Waals surface area contributed by atoms with Crippen LogP contribution in [0.25, 0.3) is 0 Å². The maximum Gasteiger partial charge on any atom is 0.240 e. The highest BCUT2D eigenvalue weighted by Crippen LogP contribution is 2.20. The smallest absolute Gasteiger partial charge is 0.240 e. The molecule has 152 valence electrons. The number of nitrogens with zero attached hydrogens (tertiary/aromatic N) is 2. The average molecular weight is 454 g/mol. The van der Waals surface area contributed by atoms with Crippen LogP contribution in [0.2, 0.25) is 5.02 Å². The Morgan fingerprint density at radius 2 is 2.03 bits per heavy atom. The Balaban J connectivity index is 1.59. The third-order valence-corrected chi connectivity index (χ3v) is 6.89. The molecule has 0 unspecified atom stereocenters. The highest BCUT2D eigenvalue weighted by Gasteiger charge is 2.16. The van der Waals surface area contributed by atoms with Crippen molar-refractivity contribution in [1.82, 2.24) is 14.7 Å². The van der Waals surface area contributed by atoms with Gasteiger partial charge in [0.1, 0.15) is 11.5 Å². The van der Waals surface area contributed by atoms with Crippen molar-refractivity contribution in [3.63, 3.8) is 0 Å². The van der Waals surface area contributed by atoms with E-state index in [1.807, 2.05) is 6.92 Å². The number of pyridine rings is 1. The molecule has 6 nitrogen and oxygen atoms in total. The van der Waals surface area contributed by atoms with Crippen LogP contribution >= 0.6 is 22.9 Å². The first-order valence-corrected chi connectivity index (χ1v) is 11.3. The number of carbonyl (C=O) groups excluding carboxylic acids is 1. The van der Waals surface area contributed by atoms with E-state index in [0.29, 0.717) is 24.1 Å². The number of thiazole rings is 1. The molecule has 0 bridgehead atoms. The zero-order valence-electron chi connectivity index (χ0n) is 15.4. The van der Waals surface area contributed by atoms with Crippen LogP contribution in [-0.2, 0) is 23.0 Å². The van der Waals surface area contributed by atoms with Gasteiger partial charge in [-0.1, -0.05) is 17.7 Å². The molecule has 1 aromatic carbocycles. The SMILES string of the molecule is Cc1ncsc1CCC(=O)c1ccc(CNS(=O)(=O)c2ccc(F)c(Cl)c2)cn1. The van der Waals surface area contributed by atoms with Crippen molar-refractivity contribution in [1.29, 1.82) is 0 Å². The van der Waals surface area contributed by atoms with Gasteiger partial charge in [0, 0.05) is 24.0 Å². The van der Waals surface area contributed by atoms with Crippen molar-refractivity contribution in [3.8, 4) is 0 Å². The molecule has 0 atom stereocenters. The summed E-state index contributed by atoms with van der Waals surface area (Å²) in [6, 6.07) is 6.38. The van der Waals surface area contributed by atoms with Crippen molar-refractivity contribution in [3.05, 3.63) is 74.7 Å². The van der Waals surface area contributed by atoms with Gasteiger partial charge in [0.25, 0.3) is 0 Å². The lowest BCUT2D eigenvalue weighted by atomic mass is 10.1. The number of halogens is 2. The Kier molecular flexibility index (Phi) is 6.74. The quantitative estimate of drug-likeness (QED) is 0.522. The monoisotopic (exact) mass is 453 g/mol. The molecule has 0 amide bonds. The number of Topliss-reactive ketones (excluding diaryl/α,β-unsaturated/α-hetero) is 1. The topological polar surface area (TPSA) is 89.0 Å². The first kappa shape index (κ1) is 21.5. The van der Waals surface area contributed by atoms with Gasteiger partial charge in [-0.05, 0) is 43.2 Å². The van der Waals surface area contributed by atoms with Crippen molar-refractivity contribution in [2.45, 2.75) is 31.2 Å². The van der Waals surface area contributed by atoms with Crippen molar-refractivity contribution in [2.24, 2.45) is 0 Å². The maximum absolute atomic E-state index is 13.2. The van der Waals surface area contributed by atoms with Gasteiger partial charge >= 0.3 is 0 Å². The third-order valence-electron chi connectivity index (χ3n) is 4.20. The second kappa shape index (κ2) is 9.08. The fourth-order valence-electron chi connectivity index (χ4n) is 2.52. The Morgan fingerprint density at radius 3 is 2.66 bits per heavy atom. The number of carbonyl (C=O) groups is 1. The van der Waals surface area contributed by atoms with E-state index in [1.165, 1.54) is 17.5 Å². The Labute approximate surface area is 176 Å². The lowest BCUT2D eigenvalue weighted by molar-refractivity contribution is 0.0978. The molecule has 29 heavy (non-hydrogen) atoms. The van der Waals surface area contributed by atoms with E-state index in [4.69, 9.17) is 11.6 Å². The van der Waals surface area contributed by atoms with Gasteiger partial charge in [0.15, 0.2) is 5.78 Å². The number of aryl methyl sites for hydroxylation is 2. The highest BCUT2D eigenvalue weighted by atomic mass is 35.5. The van der Waals surface area contributed by atoms with E-state index in [1.54, 1.807) is 17.6 Å². The van der Waals surface area contributed by atoms with Gasteiger partial charge in [-0.2, -0.15) is 0 Å². The van der Waals surface area contributed by atoms with E-state index in [9.17, 15) is 17.6 Å². The molecule has 3 rings (SSSR count). The number of nitrogens with one attached hydrogen (secondary N) is 1. The molecule has 0 spiro atoms. The standard InChI is InChI=1S/C19H17ClFN3O3S2/c1-12-19(28-11-23-12)7-6-18(25)17-5-2-13(9-22-17)10-24-29(26,27)14-3-4-16(21)15(20)8-14/h2-5,8-9,11,24H,6-7,10H2,1H3. The zero-order chi connectivity index (χ0) is 21.0. The Hall–Kier alpha value is -2.20. The summed E-state index contributed by atoms with van der Waals surface area (Å²) in [5.41, 5.74) is 3.59. The number of hydrogen-bond donors (Lipinski definition) is 1. The van der Waals surface area contributed by atoms with Crippen molar-refractivity contribution in [2.75, 3.05) is 0 Å². The summed E-state index contributed by atoms with van der Waals surface area (Å²) in [6.45, 7) is 1.88. The molecule has 2 aromatic heterocycles. The molecule has 2 heterocycles. The largest absolute Gasteiger partial charge is 0.292 e. The lowest BCUT2D eigenvalue weighted by Crippen LogP contribution is -2.23. The first-order chi connectivity index (χ1) is 13.8. The van der Waals surface area contributed by atoms with Crippen LogP contribution < -0.4 is 4.72 Å². The minimum Gasteiger partial charge on any atom is -0.292 e. The van der Waals surface area contributed by atoms with Crippen LogP contribution in [0.15, 0.2) is 46.9 Å². The summed E-state index contributed by atoms with van der Waals surface area (Å²) < 4.78 is 40.2. The third kappa shape index (κ3) is 5.45. The van der Waals surface area contributed by atoms with Gasteiger partial charge in [0.2, 0.25) is 10.0 Å². The number of rotatable bonds is 8. The molecule has 0 saturated heterocycles. The molecule has 1 N–H and O–H groups in total. The predicted octanol–water partition coefficient (Wildman–Crippen LogP) is 3.93. The minimum atomic E-state index is -3.86. The van der Waals surface area contributed by atoms with Crippen LogP contribution in [0.5, 0.6) is 0 Å². The maximum atomic E-state index is 13.2. The second-order valence-electron chi connectivity index (χ2n) is 6.24. The normalized spacial score (nSPS) is 11.6. The van der Waals surface area contributed by atoms with Crippen LogP contribution in [0.3, 0.4) is 0 Å². The predicted molar refractivity (Wildman–Crippen MR) is 109 cm³/mol. The Bertz CT molecular complexity index is 1130. The van der Waals surface area contributed by atoms with Gasteiger partial charge in [0.05, 0.1) is 21.1 Å². The van der Waals surface area contributed by atoms with E-state index < -0.39 is 15.8 Å². The molecule has 0 aliphatic carbocycles. The first-order valence-electron chi connectivity index (χ1n) is 8.58. The minimum absolute atomic E-state index is 0.0289. The van der Waals surface area contributed by atoms with Crippen LogP contribution in [-0.4, -0.2) is 24.2 Å². The van der Waals surface area contributed by atoms with E-state index >= 15 is 0 Å². The summed E-state index contributed by atoms with van der Waals surface area (Å²) in [5, 5.41) is -0.272. The van der Waals surface area contributed by atoms with Crippen LogP contribution in [0.4, 0.5) is 4.39 Å². The van der Waals surface area contributed by atoms with Crippen LogP contribution in [0.1, 0.15) is 33.0 Å². The fraction of sp³-hybridized carbons (Fsp3) is 0.211. The van der Waals surface area contributed by atoms with E-state index in [0.717, 1.165) is 28.8 Å². The summed E-state index contributed by atoms with van der Waals surface area (Å²) in [6.07, 6.45) is 2.39. The van der Waals surface area contributed by atoms with Gasteiger partial charge in [-0.15, -0.1) is 11.3 Å². The molecular formula is C19H17ClFN3O3S2. The summed E-state index contributed by atoms with van der Waals surface area (Å²) in [4.78, 5) is 21.5. The molecular weight excluding hydrogens is 437 g/mol. The van der Waals surface area contributed by atoms with E-state index in [2.05, 4.69) is 14.7 Å². The van der Waals surface area contributed by atoms with Crippen LogP contribution in [0, 0.1) is 12.7 Å². The lowest BCUT2D eigenvalue weighted by Gasteiger charge is -2.08. The van der Waals surface area contributed by atoms with Gasteiger partial charge in [-0.25, -0.2) is 22.5 Å². The Morgan fingerprint density at radius 1 is 1.24 bits per heavy atom. The molecule has 3 aromatic rings. The molecule has 0 radical (unpaired) electrons. The molecule has 0 aliphatic rings. The number of sulfonamides is 1. The molecule has 0 fully saturated rings. The summed E-state index contributed by atoms with van der Waals surface area (Å²) in [5.74, 6) is -0.786. The fourth-order valence-corrected chi connectivity index (χ4v) is 4.59.